The summed E-state index contributed by atoms with van der Waals surface area (Å²) in [5.41, 5.74) is 0.629. The SMILES string of the molecule is CCOC(=O)CNC(=O)c1ncc(C(=O)NS(=O)(=O)c2ccc(CCNC(=O)c3cc(OC)ccc3Cl)cc2)cc1OCC(C)C. The van der Waals surface area contributed by atoms with E-state index in [-0.39, 0.29) is 64.1 Å². The molecule has 2 aromatic carbocycles. The number of ether oxygens (including phenoxy) is 3. The van der Waals surface area contributed by atoms with Crippen molar-refractivity contribution >= 4 is 45.3 Å². The second-order valence-corrected chi connectivity index (χ2v) is 12.3. The van der Waals surface area contributed by atoms with E-state index in [0.717, 1.165) is 11.8 Å². The first-order chi connectivity index (χ1) is 21.8. The number of pyridine rings is 1. The Labute approximate surface area is 272 Å². The molecule has 1 aromatic heterocycles. The van der Waals surface area contributed by atoms with Gasteiger partial charge in [0.1, 0.15) is 12.3 Å². The number of carbonyl (C=O) groups excluding carboxylic acids is 4. The van der Waals surface area contributed by atoms with E-state index in [4.69, 9.17) is 25.8 Å². The lowest BCUT2D eigenvalue weighted by Gasteiger charge is -2.14. The highest BCUT2D eigenvalue weighted by Gasteiger charge is 2.23. The number of rotatable bonds is 15. The van der Waals surface area contributed by atoms with Crippen LogP contribution >= 0.6 is 11.6 Å². The number of benzene rings is 2. The molecule has 13 nitrogen and oxygen atoms in total. The van der Waals surface area contributed by atoms with Crippen molar-refractivity contribution in [3.8, 4) is 11.5 Å². The first-order valence-corrected chi connectivity index (χ1v) is 16.0. The van der Waals surface area contributed by atoms with Crippen LogP contribution in [0, 0.1) is 5.92 Å². The summed E-state index contributed by atoms with van der Waals surface area (Å²) in [6.07, 6.45) is 1.42. The highest BCUT2D eigenvalue weighted by molar-refractivity contribution is 7.90. The zero-order valence-corrected chi connectivity index (χ0v) is 27.3. The Balaban J connectivity index is 1.65. The molecular formula is C31H35ClN4O9S. The second kappa shape index (κ2) is 16.6. The van der Waals surface area contributed by atoms with Crippen LogP contribution in [0.3, 0.4) is 0 Å². The number of nitrogens with one attached hydrogen (secondary N) is 3. The van der Waals surface area contributed by atoms with Crippen LogP contribution in [0.1, 0.15) is 57.5 Å². The van der Waals surface area contributed by atoms with Crippen LogP contribution in [-0.2, 0) is 26.0 Å². The molecule has 0 spiro atoms. The predicted octanol–water partition coefficient (Wildman–Crippen LogP) is 3.16. The lowest BCUT2D eigenvalue weighted by atomic mass is 10.1. The van der Waals surface area contributed by atoms with Gasteiger partial charge >= 0.3 is 5.97 Å². The van der Waals surface area contributed by atoms with Crippen LogP contribution in [0.2, 0.25) is 5.02 Å². The maximum atomic E-state index is 13.0. The minimum atomic E-state index is -4.29. The molecule has 3 amide bonds. The van der Waals surface area contributed by atoms with Crippen molar-refractivity contribution < 1.29 is 41.8 Å². The number of amides is 3. The fraction of sp³-hybridized carbons (Fsp3) is 0.323. The number of aromatic nitrogens is 1. The van der Waals surface area contributed by atoms with Gasteiger partial charge in [0.25, 0.3) is 27.7 Å². The molecule has 1 heterocycles. The molecule has 0 bridgehead atoms. The molecule has 0 aliphatic rings. The number of halogens is 1. The van der Waals surface area contributed by atoms with Crippen molar-refractivity contribution in [1.29, 1.82) is 0 Å². The van der Waals surface area contributed by atoms with Crippen LogP contribution in [0.25, 0.3) is 0 Å². The summed E-state index contributed by atoms with van der Waals surface area (Å²) in [4.78, 5) is 53.6. The van der Waals surface area contributed by atoms with Crippen molar-refractivity contribution in [2.24, 2.45) is 5.92 Å². The first-order valence-electron chi connectivity index (χ1n) is 14.2. The molecule has 0 aliphatic carbocycles. The molecule has 3 N–H and O–H groups in total. The quantitative estimate of drug-likeness (QED) is 0.203. The average Bonchev–Trinajstić information content (AvgIpc) is 3.02. The number of hydrogen-bond donors (Lipinski definition) is 3. The molecule has 3 aromatic rings. The minimum Gasteiger partial charge on any atom is -0.497 e. The van der Waals surface area contributed by atoms with E-state index in [0.29, 0.717) is 12.2 Å². The monoisotopic (exact) mass is 674 g/mol. The van der Waals surface area contributed by atoms with Crippen LogP contribution < -0.4 is 24.8 Å². The normalized spacial score (nSPS) is 11.0. The van der Waals surface area contributed by atoms with Crippen molar-refractivity contribution in [3.63, 3.8) is 0 Å². The summed E-state index contributed by atoms with van der Waals surface area (Å²) in [5.74, 6) is -2.29. The van der Waals surface area contributed by atoms with E-state index in [2.05, 4.69) is 15.6 Å². The summed E-state index contributed by atoms with van der Waals surface area (Å²) < 4.78 is 43.5. The predicted molar refractivity (Wildman–Crippen MR) is 169 cm³/mol. The Morgan fingerprint density at radius 2 is 1.67 bits per heavy atom. The van der Waals surface area contributed by atoms with Gasteiger partial charge in [-0.25, -0.2) is 18.1 Å². The topological polar surface area (TPSA) is 179 Å². The molecule has 0 radical (unpaired) electrons. The molecule has 15 heteroatoms. The molecule has 0 saturated carbocycles. The molecule has 46 heavy (non-hydrogen) atoms. The van der Waals surface area contributed by atoms with Gasteiger partial charge in [-0.1, -0.05) is 37.6 Å². The lowest BCUT2D eigenvalue weighted by molar-refractivity contribution is -0.141. The third-order valence-corrected chi connectivity index (χ3v) is 7.86. The third-order valence-electron chi connectivity index (χ3n) is 6.18. The van der Waals surface area contributed by atoms with Gasteiger partial charge < -0.3 is 24.8 Å². The van der Waals surface area contributed by atoms with E-state index in [9.17, 15) is 27.6 Å². The van der Waals surface area contributed by atoms with Crippen molar-refractivity contribution in [3.05, 3.63) is 82.1 Å². The van der Waals surface area contributed by atoms with E-state index in [1.54, 1.807) is 31.2 Å². The summed E-state index contributed by atoms with van der Waals surface area (Å²) in [7, 11) is -2.81. The standard InChI is InChI=1S/C31H35ClN4O9S/c1-5-44-27(37)17-35-31(40)28-26(45-18-19(2)3)14-21(16-34-28)29(38)36-46(41,42)23-9-6-20(7-10-23)12-13-33-30(39)24-15-22(43-4)8-11-25(24)32/h6-11,14-16,19H,5,12-13,17-18H2,1-4H3,(H,33,39)(H,35,40)(H,36,38). The van der Waals surface area contributed by atoms with E-state index < -0.39 is 34.4 Å². The van der Waals surface area contributed by atoms with Crippen LogP contribution in [0.4, 0.5) is 0 Å². The highest BCUT2D eigenvalue weighted by Crippen LogP contribution is 2.22. The molecular weight excluding hydrogens is 640 g/mol. The number of hydrogen-bond acceptors (Lipinski definition) is 10. The summed E-state index contributed by atoms with van der Waals surface area (Å²) >= 11 is 6.12. The molecule has 0 fully saturated rings. The van der Waals surface area contributed by atoms with Gasteiger partial charge in [-0.2, -0.15) is 0 Å². The largest absolute Gasteiger partial charge is 0.497 e. The zero-order chi connectivity index (χ0) is 33.9. The van der Waals surface area contributed by atoms with Crippen LogP contribution in [0.15, 0.2) is 59.6 Å². The Bertz CT molecular complexity index is 1680. The second-order valence-electron chi connectivity index (χ2n) is 10.2. The smallest absolute Gasteiger partial charge is 0.325 e. The van der Waals surface area contributed by atoms with Gasteiger partial charge in [-0.05, 0) is 61.2 Å². The Morgan fingerprint density at radius 1 is 0.957 bits per heavy atom. The van der Waals surface area contributed by atoms with E-state index >= 15 is 0 Å². The van der Waals surface area contributed by atoms with Gasteiger partial charge in [0.15, 0.2) is 11.4 Å². The Morgan fingerprint density at radius 3 is 2.33 bits per heavy atom. The fourth-order valence-electron chi connectivity index (χ4n) is 3.85. The van der Waals surface area contributed by atoms with Crippen LogP contribution in [-0.4, -0.2) is 70.5 Å². The van der Waals surface area contributed by atoms with Crippen molar-refractivity contribution in [2.75, 3.05) is 33.4 Å². The lowest BCUT2D eigenvalue weighted by Crippen LogP contribution is -2.32. The molecule has 246 valence electrons. The molecule has 0 saturated heterocycles. The highest BCUT2D eigenvalue weighted by atomic mass is 35.5. The number of sulfonamides is 1. The van der Waals surface area contributed by atoms with E-state index in [1.807, 2.05) is 18.6 Å². The Kier molecular flexibility index (Phi) is 12.9. The number of methoxy groups -OCH3 is 1. The van der Waals surface area contributed by atoms with Gasteiger partial charge in [-0.3, -0.25) is 19.2 Å². The molecule has 0 aliphatic heterocycles. The zero-order valence-electron chi connectivity index (χ0n) is 25.7. The van der Waals surface area contributed by atoms with Gasteiger partial charge in [0, 0.05) is 12.7 Å². The van der Waals surface area contributed by atoms with Crippen LogP contribution in [0.5, 0.6) is 11.5 Å². The summed E-state index contributed by atoms with van der Waals surface area (Å²) in [5, 5.41) is 5.41. The van der Waals surface area contributed by atoms with Gasteiger partial charge in [0.2, 0.25) is 0 Å². The number of nitrogens with zero attached hydrogens (tertiary/aromatic N) is 1. The summed E-state index contributed by atoms with van der Waals surface area (Å²) in [6.45, 7) is 5.55. The molecule has 0 unspecified atom stereocenters. The van der Waals surface area contributed by atoms with Crippen molar-refractivity contribution in [1.82, 2.24) is 20.3 Å². The summed E-state index contributed by atoms with van der Waals surface area (Å²) in [6, 6.07) is 11.7. The van der Waals surface area contributed by atoms with Crippen molar-refractivity contribution in [2.45, 2.75) is 32.1 Å². The average molecular weight is 675 g/mol. The van der Waals surface area contributed by atoms with Gasteiger partial charge in [-0.15, -0.1) is 0 Å². The number of carbonyl (C=O) groups is 4. The van der Waals surface area contributed by atoms with E-state index in [1.165, 1.54) is 31.4 Å². The number of esters is 1. The minimum absolute atomic E-state index is 0.0546. The van der Waals surface area contributed by atoms with Gasteiger partial charge in [0.05, 0.1) is 41.4 Å². The first kappa shape index (κ1) is 35.8. The molecule has 0 atom stereocenters. The maximum Gasteiger partial charge on any atom is 0.325 e. The maximum absolute atomic E-state index is 13.0. The fourth-order valence-corrected chi connectivity index (χ4v) is 5.03. The third kappa shape index (κ3) is 10.2. The Hall–Kier alpha value is -4.69. The molecule has 3 rings (SSSR count).